The van der Waals surface area contributed by atoms with Crippen LogP contribution in [0, 0.1) is 0 Å². The van der Waals surface area contributed by atoms with Gasteiger partial charge in [-0.3, -0.25) is 9.36 Å². The summed E-state index contributed by atoms with van der Waals surface area (Å²) in [5.74, 6) is 1.22. The van der Waals surface area contributed by atoms with Crippen LogP contribution in [0.25, 0.3) is 0 Å². The number of para-hydroxylation sites is 1. The zero-order valence-corrected chi connectivity index (χ0v) is 14.9. The Morgan fingerprint density at radius 2 is 1.64 bits per heavy atom. The highest BCUT2D eigenvalue weighted by Crippen LogP contribution is 2.34. The van der Waals surface area contributed by atoms with Crippen LogP contribution in [0.5, 0.6) is 11.5 Å². The maximum atomic E-state index is 11.4. The van der Waals surface area contributed by atoms with Crippen molar-refractivity contribution >= 4 is 13.4 Å². The van der Waals surface area contributed by atoms with Gasteiger partial charge in [0.25, 0.3) is 0 Å². The van der Waals surface area contributed by atoms with Gasteiger partial charge in [0, 0.05) is 6.42 Å². The predicted octanol–water partition coefficient (Wildman–Crippen LogP) is 4.33. The van der Waals surface area contributed by atoms with Crippen molar-refractivity contribution in [2.24, 2.45) is 0 Å². The van der Waals surface area contributed by atoms with E-state index >= 15 is 0 Å². The number of aryl methyl sites for hydroxylation is 1. The van der Waals surface area contributed by atoms with Crippen molar-refractivity contribution in [3.05, 3.63) is 60.2 Å². The lowest BCUT2D eigenvalue weighted by Gasteiger charge is -2.08. The molecule has 25 heavy (non-hydrogen) atoms. The number of rotatable bonds is 10. The quantitative estimate of drug-likeness (QED) is 0.485. The highest BCUT2D eigenvalue weighted by Gasteiger charge is 2.18. The molecule has 0 unspecified atom stereocenters. The molecule has 0 aromatic heterocycles. The summed E-state index contributed by atoms with van der Waals surface area (Å²) in [6, 6.07) is 17.5. The molecule has 0 heterocycles. The van der Waals surface area contributed by atoms with Crippen molar-refractivity contribution in [3.8, 4) is 11.5 Å². The number of ether oxygens (including phenoxy) is 1. The molecule has 0 atom stereocenters. The largest absolute Gasteiger partial charge is 0.457 e. The Morgan fingerprint density at radius 3 is 2.36 bits per heavy atom. The van der Waals surface area contributed by atoms with E-state index in [1.807, 2.05) is 54.6 Å². The fourth-order valence-electron chi connectivity index (χ4n) is 2.53. The number of hydrogen-bond donors (Lipinski definition) is 2. The second kappa shape index (κ2) is 9.52. The average Bonchev–Trinajstić information content (AvgIpc) is 2.54. The fraction of sp³-hybridized carbons (Fsp3) is 0.316. The minimum absolute atomic E-state index is 0.224. The van der Waals surface area contributed by atoms with Crippen molar-refractivity contribution in [1.29, 1.82) is 0 Å². The van der Waals surface area contributed by atoms with Gasteiger partial charge in [-0.15, -0.1) is 0 Å². The summed E-state index contributed by atoms with van der Waals surface area (Å²) in [6.07, 6.45) is 2.86. The summed E-state index contributed by atoms with van der Waals surface area (Å²) in [7, 11) is -4.22. The zero-order valence-electron chi connectivity index (χ0n) is 14.0. The van der Waals surface area contributed by atoms with Gasteiger partial charge in [0.1, 0.15) is 23.4 Å². The molecule has 0 radical (unpaired) electrons. The molecule has 0 fully saturated rings. The molecule has 0 bridgehead atoms. The van der Waals surface area contributed by atoms with E-state index in [0.717, 1.165) is 36.3 Å². The maximum Gasteiger partial charge on any atom is 0.332 e. The molecule has 6 heteroatoms. The molecule has 0 spiro atoms. The number of benzene rings is 2. The number of Topliss-reactive ketones (excluding diaryl/α,β-unsaturated/α-hetero) is 1. The monoisotopic (exact) mass is 362 g/mol. The first-order valence-electron chi connectivity index (χ1n) is 8.30. The van der Waals surface area contributed by atoms with Gasteiger partial charge < -0.3 is 14.5 Å². The second-order valence-corrected chi connectivity index (χ2v) is 7.63. The number of carbonyl (C=O) groups is 1. The molecular formula is C19H23O5P. The van der Waals surface area contributed by atoms with Crippen molar-refractivity contribution in [2.45, 2.75) is 32.1 Å². The van der Waals surface area contributed by atoms with E-state index in [4.69, 9.17) is 14.5 Å². The number of ketones is 1. The predicted molar refractivity (Wildman–Crippen MR) is 97.0 cm³/mol. The van der Waals surface area contributed by atoms with Gasteiger partial charge in [-0.25, -0.2) is 0 Å². The SMILES string of the molecule is O=C(CCCCCc1cccc(Oc2ccccc2)c1)CP(=O)(O)O. The van der Waals surface area contributed by atoms with E-state index in [-0.39, 0.29) is 12.2 Å². The van der Waals surface area contributed by atoms with Crippen molar-refractivity contribution in [2.75, 3.05) is 6.16 Å². The molecule has 0 aliphatic heterocycles. The van der Waals surface area contributed by atoms with Crippen LogP contribution in [-0.2, 0) is 15.8 Å². The minimum Gasteiger partial charge on any atom is -0.457 e. The molecule has 5 nitrogen and oxygen atoms in total. The lowest BCUT2D eigenvalue weighted by molar-refractivity contribution is -0.117. The summed E-state index contributed by atoms with van der Waals surface area (Å²) < 4.78 is 16.5. The molecule has 2 N–H and O–H groups in total. The van der Waals surface area contributed by atoms with E-state index < -0.39 is 13.8 Å². The molecule has 2 rings (SSSR count). The first kappa shape index (κ1) is 19.4. The van der Waals surface area contributed by atoms with Gasteiger partial charge >= 0.3 is 7.60 Å². The van der Waals surface area contributed by atoms with Crippen molar-refractivity contribution in [3.63, 3.8) is 0 Å². The summed E-state index contributed by atoms with van der Waals surface area (Å²) in [5, 5.41) is 0. The van der Waals surface area contributed by atoms with Crippen LogP contribution in [-0.4, -0.2) is 21.7 Å². The van der Waals surface area contributed by atoms with E-state index in [0.29, 0.717) is 6.42 Å². The highest BCUT2D eigenvalue weighted by molar-refractivity contribution is 7.52. The Morgan fingerprint density at radius 1 is 0.920 bits per heavy atom. The minimum atomic E-state index is -4.22. The third-order valence-electron chi connectivity index (χ3n) is 3.68. The lowest BCUT2D eigenvalue weighted by atomic mass is 10.1. The van der Waals surface area contributed by atoms with Crippen molar-refractivity contribution < 1.29 is 23.9 Å². The Bertz CT molecular complexity index is 724. The molecule has 0 amide bonds. The third-order valence-corrected chi connectivity index (χ3v) is 4.45. The Kier molecular flexibility index (Phi) is 7.38. The molecule has 134 valence electrons. The zero-order chi connectivity index (χ0) is 18.1. The van der Waals surface area contributed by atoms with Crippen LogP contribution < -0.4 is 4.74 Å². The molecule has 2 aromatic carbocycles. The summed E-state index contributed by atoms with van der Waals surface area (Å²) >= 11 is 0. The average molecular weight is 362 g/mol. The van der Waals surface area contributed by atoms with Gasteiger partial charge in [-0.1, -0.05) is 36.8 Å². The Labute approximate surface area is 147 Å². The van der Waals surface area contributed by atoms with Crippen LogP contribution in [0.3, 0.4) is 0 Å². The van der Waals surface area contributed by atoms with Gasteiger partial charge in [0.05, 0.1) is 0 Å². The molecule has 0 aliphatic rings. The molecule has 0 saturated heterocycles. The first-order valence-corrected chi connectivity index (χ1v) is 10.1. The first-order chi connectivity index (χ1) is 11.9. The maximum absolute atomic E-state index is 11.4. The van der Waals surface area contributed by atoms with Crippen LogP contribution in [0.1, 0.15) is 31.2 Å². The summed E-state index contributed by atoms with van der Waals surface area (Å²) in [6.45, 7) is 0. The molecule has 2 aromatic rings. The Hall–Kier alpha value is -1.94. The van der Waals surface area contributed by atoms with Crippen LogP contribution in [0.15, 0.2) is 54.6 Å². The number of unbranched alkanes of at least 4 members (excludes halogenated alkanes) is 2. The highest BCUT2D eigenvalue weighted by atomic mass is 31.2. The lowest BCUT2D eigenvalue weighted by Crippen LogP contribution is -2.04. The van der Waals surface area contributed by atoms with Crippen molar-refractivity contribution in [1.82, 2.24) is 0 Å². The second-order valence-electron chi connectivity index (χ2n) is 5.98. The van der Waals surface area contributed by atoms with Crippen LogP contribution >= 0.6 is 7.60 Å². The number of carbonyl (C=O) groups excluding carboxylic acids is 1. The molecular weight excluding hydrogens is 339 g/mol. The Balaban J connectivity index is 1.72. The van der Waals surface area contributed by atoms with Crippen LogP contribution in [0.2, 0.25) is 0 Å². The standard InChI is InChI=1S/C19H23O5P/c20-17(15-25(21,22)23)10-4-1-3-8-16-9-7-13-19(14-16)24-18-11-5-2-6-12-18/h2,5-7,9,11-14H,1,3-4,8,10,15H2,(H2,21,22,23). The summed E-state index contributed by atoms with van der Waals surface area (Å²) in [4.78, 5) is 28.9. The van der Waals surface area contributed by atoms with Crippen LogP contribution in [0.4, 0.5) is 0 Å². The topological polar surface area (TPSA) is 83.8 Å². The van der Waals surface area contributed by atoms with Gasteiger partial charge in [-0.05, 0) is 49.1 Å². The van der Waals surface area contributed by atoms with E-state index in [1.54, 1.807) is 0 Å². The van der Waals surface area contributed by atoms with E-state index in [2.05, 4.69) is 0 Å². The van der Waals surface area contributed by atoms with Gasteiger partial charge in [0.15, 0.2) is 0 Å². The smallest absolute Gasteiger partial charge is 0.332 e. The normalized spacial score (nSPS) is 11.3. The number of hydrogen-bond acceptors (Lipinski definition) is 3. The third kappa shape index (κ3) is 8.12. The van der Waals surface area contributed by atoms with Gasteiger partial charge in [-0.2, -0.15) is 0 Å². The van der Waals surface area contributed by atoms with Gasteiger partial charge in [0.2, 0.25) is 0 Å². The van der Waals surface area contributed by atoms with E-state index in [1.165, 1.54) is 0 Å². The van der Waals surface area contributed by atoms with E-state index in [9.17, 15) is 9.36 Å². The summed E-state index contributed by atoms with van der Waals surface area (Å²) in [5.41, 5.74) is 1.16. The molecule has 0 saturated carbocycles. The molecule has 0 aliphatic carbocycles. The fourth-order valence-corrected chi connectivity index (χ4v) is 3.14.